The maximum Gasteiger partial charge on any atom is 0.241 e. The summed E-state index contributed by atoms with van der Waals surface area (Å²) in [5, 5.41) is 2.85. The van der Waals surface area contributed by atoms with Crippen molar-refractivity contribution in [2.75, 3.05) is 18.1 Å². The fourth-order valence-corrected chi connectivity index (χ4v) is 3.02. The number of anilines is 2. The average Bonchev–Trinajstić information content (AvgIpc) is 2.85. The van der Waals surface area contributed by atoms with E-state index in [2.05, 4.69) is 5.32 Å². The van der Waals surface area contributed by atoms with Crippen LogP contribution in [0, 0.1) is 0 Å². The molecule has 3 N–H and O–H groups in total. The van der Waals surface area contributed by atoms with Gasteiger partial charge in [-0.15, -0.1) is 11.3 Å². The number of nitrogens with one attached hydrogen (secondary N) is 1. The van der Waals surface area contributed by atoms with Gasteiger partial charge in [-0.3, -0.25) is 9.69 Å². The standard InChI is InChI=1S/C15H18ClN3OS/c1-10(19(2)9-11-7-8-14(16)21-11)15(20)18-13-6-4-3-5-12(13)17/h3-8,10H,9,17H2,1-2H3,(H,18,20). The fourth-order valence-electron chi connectivity index (χ4n) is 1.87. The number of nitrogen functional groups attached to an aromatic ring is 1. The first-order valence-electron chi connectivity index (χ1n) is 6.57. The van der Waals surface area contributed by atoms with Crippen molar-refractivity contribution in [3.8, 4) is 0 Å². The summed E-state index contributed by atoms with van der Waals surface area (Å²) in [6.07, 6.45) is 0. The van der Waals surface area contributed by atoms with Gasteiger partial charge in [0.25, 0.3) is 0 Å². The average molecular weight is 324 g/mol. The van der Waals surface area contributed by atoms with Gasteiger partial charge < -0.3 is 11.1 Å². The van der Waals surface area contributed by atoms with Crippen LogP contribution in [0.5, 0.6) is 0 Å². The minimum atomic E-state index is -0.273. The maximum absolute atomic E-state index is 12.3. The molecule has 4 nitrogen and oxygen atoms in total. The number of hydrogen-bond acceptors (Lipinski definition) is 4. The zero-order valence-electron chi connectivity index (χ0n) is 12.0. The van der Waals surface area contributed by atoms with Crippen molar-refractivity contribution in [3.05, 3.63) is 45.6 Å². The van der Waals surface area contributed by atoms with Crippen molar-refractivity contribution < 1.29 is 4.79 Å². The first-order valence-corrected chi connectivity index (χ1v) is 7.76. The molecular formula is C15H18ClN3OS. The van der Waals surface area contributed by atoms with Crippen LogP contribution in [0.2, 0.25) is 4.34 Å². The molecule has 2 rings (SSSR count). The first-order chi connectivity index (χ1) is 9.97. The van der Waals surface area contributed by atoms with Crippen LogP contribution in [0.25, 0.3) is 0 Å². The molecule has 0 saturated carbocycles. The van der Waals surface area contributed by atoms with Gasteiger partial charge in [-0.1, -0.05) is 23.7 Å². The molecule has 0 aliphatic rings. The molecule has 0 spiro atoms. The van der Waals surface area contributed by atoms with Gasteiger partial charge in [-0.05, 0) is 38.2 Å². The van der Waals surface area contributed by atoms with Gasteiger partial charge in [0.15, 0.2) is 0 Å². The number of carbonyl (C=O) groups excluding carboxylic acids is 1. The van der Waals surface area contributed by atoms with Crippen LogP contribution in [-0.4, -0.2) is 23.9 Å². The number of nitrogens with two attached hydrogens (primary N) is 1. The molecular weight excluding hydrogens is 306 g/mol. The summed E-state index contributed by atoms with van der Waals surface area (Å²) in [5.74, 6) is -0.0851. The molecule has 1 amide bonds. The second-order valence-corrected chi connectivity index (χ2v) is 6.67. The monoisotopic (exact) mass is 323 g/mol. The highest BCUT2D eigenvalue weighted by Crippen LogP contribution is 2.23. The van der Waals surface area contributed by atoms with Crippen LogP contribution < -0.4 is 11.1 Å². The van der Waals surface area contributed by atoms with Crippen molar-refractivity contribution in [2.45, 2.75) is 19.5 Å². The van der Waals surface area contributed by atoms with E-state index in [0.29, 0.717) is 17.9 Å². The Morgan fingerprint density at radius 2 is 2.10 bits per heavy atom. The zero-order valence-corrected chi connectivity index (χ0v) is 13.5. The first kappa shape index (κ1) is 15.8. The number of thiophene rings is 1. The Morgan fingerprint density at radius 1 is 1.38 bits per heavy atom. The molecule has 0 saturated heterocycles. The molecule has 2 aromatic rings. The van der Waals surface area contributed by atoms with Crippen LogP contribution in [-0.2, 0) is 11.3 Å². The molecule has 1 aromatic heterocycles. The number of amides is 1. The van der Waals surface area contributed by atoms with Crippen LogP contribution in [0.15, 0.2) is 36.4 Å². The van der Waals surface area contributed by atoms with E-state index in [4.69, 9.17) is 17.3 Å². The number of carbonyl (C=O) groups is 1. The molecule has 0 fully saturated rings. The molecule has 0 radical (unpaired) electrons. The molecule has 1 unspecified atom stereocenters. The lowest BCUT2D eigenvalue weighted by Gasteiger charge is -2.23. The van der Waals surface area contributed by atoms with E-state index < -0.39 is 0 Å². The number of nitrogens with zero attached hydrogens (tertiary/aromatic N) is 1. The Labute approximate surface area is 133 Å². The minimum absolute atomic E-state index is 0.0851. The third kappa shape index (κ3) is 4.20. The highest BCUT2D eigenvalue weighted by Gasteiger charge is 2.19. The Balaban J connectivity index is 1.97. The number of benzene rings is 1. The number of likely N-dealkylation sites (N-methyl/N-ethyl adjacent to an activating group) is 1. The molecule has 6 heteroatoms. The Bertz CT molecular complexity index is 629. The molecule has 21 heavy (non-hydrogen) atoms. The van der Waals surface area contributed by atoms with Gasteiger partial charge in [0, 0.05) is 11.4 Å². The van der Waals surface area contributed by atoms with Gasteiger partial charge in [0.05, 0.1) is 21.8 Å². The van der Waals surface area contributed by atoms with Crippen molar-refractivity contribution >= 4 is 40.2 Å². The number of para-hydroxylation sites is 2. The van der Waals surface area contributed by atoms with Gasteiger partial charge in [0.2, 0.25) is 5.91 Å². The van der Waals surface area contributed by atoms with Gasteiger partial charge in [-0.2, -0.15) is 0 Å². The molecule has 112 valence electrons. The second kappa shape index (κ2) is 6.93. The largest absolute Gasteiger partial charge is 0.397 e. The summed E-state index contributed by atoms with van der Waals surface area (Å²) in [6.45, 7) is 2.54. The predicted octanol–water partition coefficient (Wildman–Crippen LogP) is 3.44. The normalized spacial score (nSPS) is 12.4. The molecule has 1 atom stereocenters. The van der Waals surface area contributed by atoms with Crippen molar-refractivity contribution in [2.24, 2.45) is 0 Å². The van der Waals surface area contributed by atoms with E-state index in [1.807, 2.05) is 43.1 Å². The van der Waals surface area contributed by atoms with E-state index in [1.54, 1.807) is 12.1 Å². The second-order valence-electron chi connectivity index (χ2n) is 4.87. The highest BCUT2D eigenvalue weighted by molar-refractivity contribution is 7.16. The molecule has 0 bridgehead atoms. The third-order valence-corrected chi connectivity index (χ3v) is 4.51. The van der Waals surface area contributed by atoms with Crippen LogP contribution >= 0.6 is 22.9 Å². The third-order valence-electron chi connectivity index (χ3n) is 3.29. The quantitative estimate of drug-likeness (QED) is 0.829. The summed E-state index contributed by atoms with van der Waals surface area (Å²) >= 11 is 7.44. The Hall–Kier alpha value is -1.56. The van der Waals surface area contributed by atoms with Crippen molar-refractivity contribution in [3.63, 3.8) is 0 Å². The summed E-state index contributed by atoms with van der Waals surface area (Å²) in [4.78, 5) is 15.4. The highest BCUT2D eigenvalue weighted by atomic mass is 35.5. The lowest BCUT2D eigenvalue weighted by Crippen LogP contribution is -2.39. The lowest BCUT2D eigenvalue weighted by molar-refractivity contribution is -0.120. The topological polar surface area (TPSA) is 58.4 Å². The summed E-state index contributed by atoms with van der Waals surface area (Å²) in [6, 6.07) is 10.8. The summed E-state index contributed by atoms with van der Waals surface area (Å²) in [7, 11) is 1.91. The number of halogens is 1. The fraction of sp³-hybridized carbons (Fsp3) is 0.267. The lowest BCUT2D eigenvalue weighted by atomic mass is 10.2. The number of rotatable bonds is 5. The maximum atomic E-state index is 12.3. The van der Waals surface area contributed by atoms with E-state index in [9.17, 15) is 4.79 Å². The molecule has 0 aliphatic heterocycles. The van der Waals surface area contributed by atoms with Crippen LogP contribution in [0.4, 0.5) is 11.4 Å². The van der Waals surface area contributed by atoms with E-state index in [-0.39, 0.29) is 11.9 Å². The predicted molar refractivity (Wildman–Crippen MR) is 89.7 cm³/mol. The molecule has 1 aromatic carbocycles. The van der Waals surface area contributed by atoms with Crippen LogP contribution in [0.3, 0.4) is 0 Å². The van der Waals surface area contributed by atoms with Crippen LogP contribution in [0.1, 0.15) is 11.8 Å². The van der Waals surface area contributed by atoms with E-state index >= 15 is 0 Å². The Morgan fingerprint density at radius 3 is 2.71 bits per heavy atom. The minimum Gasteiger partial charge on any atom is -0.397 e. The summed E-state index contributed by atoms with van der Waals surface area (Å²) < 4.78 is 0.757. The van der Waals surface area contributed by atoms with Crippen molar-refractivity contribution in [1.29, 1.82) is 0 Å². The van der Waals surface area contributed by atoms with Gasteiger partial charge in [-0.25, -0.2) is 0 Å². The number of hydrogen-bond donors (Lipinski definition) is 2. The van der Waals surface area contributed by atoms with E-state index in [1.165, 1.54) is 11.3 Å². The Kier molecular flexibility index (Phi) is 5.22. The smallest absolute Gasteiger partial charge is 0.241 e. The van der Waals surface area contributed by atoms with Gasteiger partial charge in [0.1, 0.15) is 0 Å². The zero-order chi connectivity index (χ0) is 15.4. The van der Waals surface area contributed by atoms with E-state index in [0.717, 1.165) is 9.21 Å². The summed E-state index contributed by atoms with van der Waals surface area (Å²) in [5.41, 5.74) is 7.03. The SMILES string of the molecule is CC(C(=O)Nc1ccccc1N)N(C)Cc1ccc(Cl)s1. The molecule has 1 heterocycles. The van der Waals surface area contributed by atoms with Gasteiger partial charge >= 0.3 is 0 Å². The molecule has 0 aliphatic carbocycles. The van der Waals surface area contributed by atoms with Crippen molar-refractivity contribution in [1.82, 2.24) is 4.90 Å².